The van der Waals surface area contributed by atoms with E-state index in [4.69, 9.17) is 0 Å². The molecule has 2 fully saturated rings. The second kappa shape index (κ2) is 8.92. The zero-order chi connectivity index (χ0) is 23.9. The summed E-state index contributed by atoms with van der Waals surface area (Å²) in [4.78, 5) is 29.6. The van der Waals surface area contributed by atoms with Gasteiger partial charge in [-0.15, -0.1) is 18.3 Å². The van der Waals surface area contributed by atoms with Gasteiger partial charge in [-0.25, -0.2) is 0 Å². The molecule has 1 aromatic heterocycles. The van der Waals surface area contributed by atoms with E-state index in [2.05, 4.69) is 20.1 Å². The van der Waals surface area contributed by atoms with Crippen molar-refractivity contribution < 1.29 is 27.5 Å². The normalized spacial score (nSPS) is 24.1. The van der Waals surface area contributed by atoms with Crippen molar-refractivity contribution in [2.75, 3.05) is 26.2 Å². The first-order valence-corrected chi connectivity index (χ1v) is 11.5. The number of aromatic nitrogens is 3. The highest BCUT2D eigenvalue weighted by molar-refractivity contribution is 5.80. The third kappa shape index (κ3) is 4.88. The first-order chi connectivity index (χ1) is 16.2. The van der Waals surface area contributed by atoms with Gasteiger partial charge in [-0.3, -0.25) is 14.7 Å². The van der Waals surface area contributed by atoms with E-state index < -0.39 is 6.36 Å². The van der Waals surface area contributed by atoms with E-state index >= 15 is 0 Å². The van der Waals surface area contributed by atoms with Gasteiger partial charge < -0.3 is 14.5 Å². The molecule has 3 aliphatic rings. The van der Waals surface area contributed by atoms with Crippen molar-refractivity contribution in [3.05, 3.63) is 41.2 Å². The molecule has 3 atom stereocenters. The number of carbonyl (C=O) groups excluding carboxylic acids is 2. The number of ether oxygens (including phenoxy) is 1. The lowest BCUT2D eigenvalue weighted by Crippen LogP contribution is -2.40. The third-order valence-electron chi connectivity index (χ3n) is 7.17. The van der Waals surface area contributed by atoms with Crippen LogP contribution < -0.4 is 4.74 Å². The Morgan fingerprint density at radius 1 is 1.06 bits per heavy atom. The van der Waals surface area contributed by atoms with Crippen LogP contribution in [0.5, 0.6) is 5.75 Å². The number of fused-ring (bicyclic) bond motifs is 2. The van der Waals surface area contributed by atoms with Crippen LogP contribution in [0.3, 0.4) is 0 Å². The van der Waals surface area contributed by atoms with Crippen LogP contribution in [0.15, 0.2) is 24.3 Å². The smallest absolute Gasteiger partial charge is 0.406 e. The topological polar surface area (TPSA) is 91.4 Å². The van der Waals surface area contributed by atoms with Crippen LogP contribution >= 0.6 is 0 Å². The highest BCUT2D eigenvalue weighted by Gasteiger charge is 2.44. The summed E-state index contributed by atoms with van der Waals surface area (Å²) >= 11 is 0. The van der Waals surface area contributed by atoms with E-state index in [1.165, 1.54) is 12.1 Å². The summed E-state index contributed by atoms with van der Waals surface area (Å²) in [6.45, 7) is 2.64. The highest BCUT2D eigenvalue weighted by atomic mass is 19.4. The van der Waals surface area contributed by atoms with Gasteiger partial charge in [0.15, 0.2) is 0 Å². The first kappa shape index (κ1) is 22.7. The number of aryl methyl sites for hydroxylation is 2. The van der Waals surface area contributed by atoms with E-state index in [-0.39, 0.29) is 35.3 Å². The van der Waals surface area contributed by atoms with Crippen LogP contribution in [0.25, 0.3) is 0 Å². The molecule has 0 bridgehead atoms. The molecule has 2 saturated heterocycles. The number of benzene rings is 1. The molecule has 2 aromatic rings. The fraction of sp³-hybridized carbons (Fsp3) is 0.565. The minimum Gasteiger partial charge on any atom is -0.406 e. The quantitative estimate of drug-likeness (QED) is 0.714. The summed E-state index contributed by atoms with van der Waals surface area (Å²) in [5, 5.41) is 10.8. The van der Waals surface area contributed by atoms with Crippen molar-refractivity contribution in [2.24, 2.45) is 17.8 Å². The van der Waals surface area contributed by atoms with Crippen molar-refractivity contribution in [3.63, 3.8) is 0 Å². The lowest BCUT2D eigenvalue weighted by atomic mass is 9.89. The van der Waals surface area contributed by atoms with E-state index in [0.717, 1.165) is 29.8 Å². The number of carbonyl (C=O) groups is 2. The average Bonchev–Trinajstić information content (AvgIpc) is 3.51. The minimum absolute atomic E-state index is 0.0359. The maximum absolute atomic E-state index is 13.1. The molecule has 11 heteroatoms. The van der Waals surface area contributed by atoms with E-state index in [0.29, 0.717) is 45.4 Å². The number of rotatable bonds is 5. The zero-order valence-corrected chi connectivity index (χ0v) is 18.6. The minimum atomic E-state index is -4.72. The standard InChI is InChI=1S/C23H26F3N5O3/c24-23(25,26)34-18-5-1-14(2-6-18)3-8-21(32)30-10-16-12-31(13-17(16)11-30)22(33)15-4-7-19-20(9-15)28-29-27-19/h1-2,5-6,15-17H,3-4,7-13H2,(H,27,28,29)/t15-,16-,17-/m1/s1. The monoisotopic (exact) mass is 477 g/mol. The number of nitrogens with one attached hydrogen (secondary N) is 1. The Morgan fingerprint density at radius 2 is 1.74 bits per heavy atom. The molecular weight excluding hydrogens is 451 g/mol. The zero-order valence-electron chi connectivity index (χ0n) is 18.6. The largest absolute Gasteiger partial charge is 0.573 e. The second-order valence-electron chi connectivity index (χ2n) is 9.43. The first-order valence-electron chi connectivity index (χ1n) is 11.5. The van der Waals surface area contributed by atoms with Crippen LogP contribution in [0, 0.1) is 17.8 Å². The molecule has 0 saturated carbocycles. The van der Waals surface area contributed by atoms with Crippen molar-refractivity contribution in [1.29, 1.82) is 0 Å². The molecule has 1 aromatic carbocycles. The lowest BCUT2D eigenvalue weighted by Gasteiger charge is -2.27. The van der Waals surface area contributed by atoms with Gasteiger partial charge in [0.05, 0.1) is 11.4 Å². The predicted molar refractivity (Wildman–Crippen MR) is 113 cm³/mol. The number of likely N-dealkylation sites (tertiary alicyclic amines) is 2. The molecule has 1 aliphatic carbocycles. The molecule has 0 spiro atoms. The number of amides is 2. The Morgan fingerprint density at radius 3 is 2.41 bits per heavy atom. The van der Waals surface area contributed by atoms with Gasteiger partial charge in [-0.05, 0) is 37.0 Å². The summed E-state index contributed by atoms with van der Waals surface area (Å²) in [5.74, 6) is 0.467. The van der Waals surface area contributed by atoms with Crippen LogP contribution in [0.4, 0.5) is 13.2 Å². The molecule has 2 amide bonds. The Bertz CT molecular complexity index is 1040. The molecule has 5 rings (SSSR count). The predicted octanol–water partition coefficient (Wildman–Crippen LogP) is 2.36. The summed E-state index contributed by atoms with van der Waals surface area (Å²) in [7, 11) is 0. The fourth-order valence-corrected chi connectivity index (χ4v) is 5.40. The summed E-state index contributed by atoms with van der Waals surface area (Å²) in [6, 6.07) is 5.61. The van der Waals surface area contributed by atoms with Crippen LogP contribution in [-0.2, 0) is 28.9 Å². The van der Waals surface area contributed by atoms with Crippen LogP contribution in [0.2, 0.25) is 0 Å². The van der Waals surface area contributed by atoms with Gasteiger partial charge in [0.2, 0.25) is 11.8 Å². The lowest BCUT2D eigenvalue weighted by molar-refractivity contribution is -0.274. The van der Waals surface area contributed by atoms with Crippen LogP contribution in [-0.4, -0.2) is 69.6 Å². The van der Waals surface area contributed by atoms with Crippen molar-refractivity contribution >= 4 is 11.8 Å². The average molecular weight is 477 g/mol. The number of halogens is 3. The molecule has 34 heavy (non-hydrogen) atoms. The van der Waals surface area contributed by atoms with Gasteiger partial charge in [0, 0.05) is 56.8 Å². The SMILES string of the molecule is O=C(CCc1ccc(OC(F)(F)F)cc1)N1C[C@@H]2CN(C(=O)[C@@H]3CCc4[nH]nnc4C3)C[C@H]2C1. The molecule has 2 aliphatic heterocycles. The molecule has 182 valence electrons. The fourth-order valence-electron chi connectivity index (χ4n) is 5.40. The second-order valence-corrected chi connectivity index (χ2v) is 9.43. The Kier molecular flexibility index (Phi) is 5.95. The molecule has 8 nitrogen and oxygen atoms in total. The summed E-state index contributed by atoms with van der Waals surface area (Å²) in [5.41, 5.74) is 2.70. The number of H-pyrrole nitrogens is 1. The van der Waals surface area contributed by atoms with E-state index in [1.54, 1.807) is 12.1 Å². The van der Waals surface area contributed by atoms with E-state index in [9.17, 15) is 22.8 Å². The van der Waals surface area contributed by atoms with Crippen molar-refractivity contribution in [1.82, 2.24) is 25.2 Å². The maximum Gasteiger partial charge on any atom is 0.573 e. The number of hydrogen-bond acceptors (Lipinski definition) is 5. The number of alkyl halides is 3. The Hall–Kier alpha value is -3.11. The Balaban J connectivity index is 1.08. The van der Waals surface area contributed by atoms with Gasteiger partial charge in [-0.1, -0.05) is 17.3 Å². The van der Waals surface area contributed by atoms with Crippen molar-refractivity contribution in [2.45, 2.75) is 38.5 Å². The molecule has 0 radical (unpaired) electrons. The summed E-state index contributed by atoms with van der Waals surface area (Å²) < 4.78 is 40.7. The number of hydrogen-bond donors (Lipinski definition) is 1. The van der Waals surface area contributed by atoms with Gasteiger partial charge in [0.25, 0.3) is 0 Å². The van der Waals surface area contributed by atoms with Gasteiger partial charge in [0.1, 0.15) is 5.75 Å². The maximum atomic E-state index is 13.1. The summed E-state index contributed by atoms with van der Waals surface area (Å²) in [6.07, 6.45) is -1.75. The van der Waals surface area contributed by atoms with Crippen molar-refractivity contribution in [3.8, 4) is 5.75 Å². The number of nitrogens with zero attached hydrogens (tertiary/aromatic N) is 4. The molecule has 3 heterocycles. The third-order valence-corrected chi connectivity index (χ3v) is 7.17. The molecular formula is C23H26F3N5O3. The Labute approximate surface area is 194 Å². The van der Waals surface area contributed by atoms with E-state index in [1.807, 2.05) is 9.80 Å². The highest BCUT2D eigenvalue weighted by Crippen LogP contribution is 2.34. The van der Waals surface area contributed by atoms with Gasteiger partial charge in [-0.2, -0.15) is 0 Å². The van der Waals surface area contributed by atoms with Gasteiger partial charge >= 0.3 is 6.36 Å². The molecule has 1 N–H and O–H groups in total. The van der Waals surface area contributed by atoms with Crippen LogP contribution in [0.1, 0.15) is 29.8 Å². The molecule has 0 unspecified atom stereocenters. The number of aromatic amines is 1.